The van der Waals surface area contributed by atoms with Gasteiger partial charge in [0, 0.05) is 0 Å². The minimum absolute atomic E-state index is 0.317. The number of hydrogen-bond donors (Lipinski definition) is 0. The molecule has 4 heteroatoms. The molecule has 0 aliphatic heterocycles. The number of ether oxygens (including phenoxy) is 3. The molecule has 0 aliphatic rings. The van der Waals surface area contributed by atoms with E-state index in [0.29, 0.717) is 36.2 Å². The van der Waals surface area contributed by atoms with Crippen LogP contribution in [0.4, 0.5) is 0 Å². The van der Waals surface area contributed by atoms with E-state index in [1.165, 1.54) is 0 Å². The second-order valence-electron chi connectivity index (χ2n) is 5.41. The Balaban J connectivity index is 2.66. The van der Waals surface area contributed by atoms with Gasteiger partial charge in [0.1, 0.15) is 0 Å². The van der Waals surface area contributed by atoms with Crippen LogP contribution in [0.3, 0.4) is 0 Å². The van der Waals surface area contributed by atoms with E-state index in [2.05, 4.69) is 6.92 Å². The number of benzene rings is 1. The van der Waals surface area contributed by atoms with Gasteiger partial charge in [-0.05, 0) is 30.5 Å². The summed E-state index contributed by atoms with van der Waals surface area (Å²) in [5.74, 6) is 1.20. The van der Waals surface area contributed by atoms with Gasteiger partial charge in [0.2, 0.25) is 0 Å². The maximum atomic E-state index is 11.9. The lowest BCUT2D eigenvalue weighted by molar-refractivity contribution is 0.0458. The highest BCUT2D eigenvalue weighted by Crippen LogP contribution is 2.28. The lowest BCUT2D eigenvalue weighted by Gasteiger charge is -2.12. The molecule has 1 aromatic carbocycles. The summed E-state index contributed by atoms with van der Waals surface area (Å²) in [6, 6.07) is 5.13. The van der Waals surface area contributed by atoms with Crippen LogP contribution in [0.25, 0.3) is 0 Å². The van der Waals surface area contributed by atoms with Crippen molar-refractivity contribution in [3.8, 4) is 11.5 Å². The summed E-state index contributed by atoms with van der Waals surface area (Å²) >= 11 is 0. The molecular weight excluding hydrogens is 268 g/mol. The molecule has 0 atom stereocenters. The van der Waals surface area contributed by atoms with E-state index in [-0.39, 0.29) is 5.97 Å². The Morgan fingerprint density at radius 2 is 1.95 bits per heavy atom. The summed E-state index contributed by atoms with van der Waals surface area (Å²) in [6.45, 7) is 7.22. The van der Waals surface area contributed by atoms with E-state index in [1.807, 2.05) is 13.8 Å². The molecule has 0 amide bonds. The molecule has 118 valence electrons. The van der Waals surface area contributed by atoms with Gasteiger partial charge in [-0.15, -0.1) is 0 Å². The molecule has 0 unspecified atom stereocenters. The Morgan fingerprint density at radius 3 is 2.57 bits per heavy atom. The predicted octanol–water partition coefficient (Wildman–Crippen LogP) is 4.08. The first-order valence-electron chi connectivity index (χ1n) is 7.56. The standard InChI is InChI=1S/C17H26O4/c1-5-6-7-10-20-15-9-8-14(11-16(15)19-4)17(18)21-12-13(2)3/h8-9,11,13H,5-7,10,12H2,1-4H3. The molecule has 0 aromatic heterocycles. The smallest absolute Gasteiger partial charge is 0.338 e. The van der Waals surface area contributed by atoms with Crippen molar-refractivity contribution in [1.29, 1.82) is 0 Å². The van der Waals surface area contributed by atoms with Crippen LogP contribution in [0.5, 0.6) is 11.5 Å². The molecule has 4 nitrogen and oxygen atoms in total. The Bertz CT molecular complexity index is 440. The highest BCUT2D eigenvalue weighted by atomic mass is 16.5. The average molecular weight is 294 g/mol. The van der Waals surface area contributed by atoms with E-state index < -0.39 is 0 Å². The maximum absolute atomic E-state index is 11.9. The Labute approximate surface area is 127 Å². The number of rotatable bonds is 9. The zero-order chi connectivity index (χ0) is 15.7. The van der Waals surface area contributed by atoms with Gasteiger partial charge in [0.15, 0.2) is 11.5 Å². The SMILES string of the molecule is CCCCCOc1ccc(C(=O)OCC(C)C)cc1OC. The van der Waals surface area contributed by atoms with Gasteiger partial charge in [-0.1, -0.05) is 33.6 Å². The van der Waals surface area contributed by atoms with Crippen LogP contribution in [0.1, 0.15) is 50.4 Å². The Kier molecular flexibility index (Phi) is 7.65. The van der Waals surface area contributed by atoms with Gasteiger partial charge in [-0.3, -0.25) is 0 Å². The van der Waals surface area contributed by atoms with Crippen molar-refractivity contribution in [3.63, 3.8) is 0 Å². The van der Waals surface area contributed by atoms with Crippen molar-refractivity contribution in [2.75, 3.05) is 20.3 Å². The summed E-state index contributed by atoms with van der Waals surface area (Å²) < 4.78 is 16.2. The maximum Gasteiger partial charge on any atom is 0.338 e. The number of carbonyl (C=O) groups excluding carboxylic acids is 1. The van der Waals surface area contributed by atoms with Crippen LogP contribution < -0.4 is 9.47 Å². The quantitative estimate of drug-likeness (QED) is 0.508. The van der Waals surface area contributed by atoms with Crippen molar-refractivity contribution < 1.29 is 19.0 Å². The molecule has 0 heterocycles. The number of carbonyl (C=O) groups is 1. The summed E-state index contributed by atoms with van der Waals surface area (Å²) in [5, 5.41) is 0. The summed E-state index contributed by atoms with van der Waals surface area (Å²) in [5.41, 5.74) is 0.480. The third kappa shape index (κ3) is 6.06. The zero-order valence-electron chi connectivity index (χ0n) is 13.5. The van der Waals surface area contributed by atoms with E-state index in [0.717, 1.165) is 19.3 Å². The van der Waals surface area contributed by atoms with Crippen LogP contribution in [-0.2, 0) is 4.74 Å². The summed E-state index contributed by atoms with van der Waals surface area (Å²) in [4.78, 5) is 11.9. The van der Waals surface area contributed by atoms with E-state index in [1.54, 1.807) is 25.3 Å². The molecule has 0 radical (unpaired) electrons. The molecule has 0 spiro atoms. The molecule has 0 saturated heterocycles. The molecule has 0 N–H and O–H groups in total. The third-order valence-corrected chi connectivity index (χ3v) is 2.95. The minimum atomic E-state index is -0.334. The van der Waals surface area contributed by atoms with Crippen LogP contribution in [-0.4, -0.2) is 26.3 Å². The lowest BCUT2D eigenvalue weighted by Crippen LogP contribution is -2.10. The van der Waals surface area contributed by atoms with Gasteiger partial charge < -0.3 is 14.2 Å². The molecule has 21 heavy (non-hydrogen) atoms. The van der Waals surface area contributed by atoms with Gasteiger partial charge in [-0.25, -0.2) is 4.79 Å². The molecular formula is C17H26O4. The zero-order valence-corrected chi connectivity index (χ0v) is 13.5. The first-order chi connectivity index (χ1) is 10.1. The second-order valence-corrected chi connectivity index (χ2v) is 5.41. The number of hydrogen-bond acceptors (Lipinski definition) is 4. The normalized spacial score (nSPS) is 10.5. The fourth-order valence-corrected chi connectivity index (χ4v) is 1.77. The van der Waals surface area contributed by atoms with Gasteiger partial charge in [-0.2, -0.15) is 0 Å². The van der Waals surface area contributed by atoms with E-state index in [9.17, 15) is 4.79 Å². The van der Waals surface area contributed by atoms with Crippen molar-refractivity contribution in [2.45, 2.75) is 40.0 Å². The van der Waals surface area contributed by atoms with E-state index in [4.69, 9.17) is 14.2 Å². The number of unbranched alkanes of at least 4 members (excludes halogenated alkanes) is 2. The monoisotopic (exact) mass is 294 g/mol. The fraction of sp³-hybridized carbons (Fsp3) is 0.588. The van der Waals surface area contributed by atoms with Gasteiger partial charge in [0.25, 0.3) is 0 Å². The van der Waals surface area contributed by atoms with Crippen LogP contribution >= 0.6 is 0 Å². The highest BCUT2D eigenvalue weighted by molar-refractivity contribution is 5.90. The predicted molar refractivity (Wildman–Crippen MR) is 83.1 cm³/mol. The summed E-state index contributed by atoms with van der Waals surface area (Å²) in [6.07, 6.45) is 3.31. The highest BCUT2D eigenvalue weighted by Gasteiger charge is 2.12. The third-order valence-electron chi connectivity index (χ3n) is 2.95. The minimum Gasteiger partial charge on any atom is -0.493 e. The van der Waals surface area contributed by atoms with Crippen molar-refractivity contribution in [2.24, 2.45) is 5.92 Å². The van der Waals surface area contributed by atoms with E-state index >= 15 is 0 Å². The first-order valence-corrected chi connectivity index (χ1v) is 7.56. The molecule has 1 aromatic rings. The van der Waals surface area contributed by atoms with Crippen molar-refractivity contribution in [1.82, 2.24) is 0 Å². The molecule has 0 fully saturated rings. The Morgan fingerprint density at radius 1 is 1.19 bits per heavy atom. The average Bonchev–Trinajstić information content (AvgIpc) is 2.49. The van der Waals surface area contributed by atoms with Crippen molar-refractivity contribution in [3.05, 3.63) is 23.8 Å². The molecule has 0 aliphatic carbocycles. The van der Waals surface area contributed by atoms with Gasteiger partial charge in [0.05, 0.1) is 25.9 Å². The fourth-order valence-electron chi connectivity index (χ4n) is 1.77. The van der Waals surface area contributed by atoms with Crippen molar-refractivity contribution >= 4 is 5.97 Å². The number of esters is 1. The lowest BCUT2D eigenvalue weighted by atomic mass is 10.2. The van der Waals surface area contributed by atoms with Crippen LogP contribution in [0, 0.1) is 5.92 Å². The van der Waals surface area contributed by atoms with Gasteiger partial charge >= 0.3 is 5.97 Å². The molecule has 0 saturated carbocycles. The van der Waals surface area contributed by atoms with Crippen LogP contribution in [0.2, 0.25) is 0 Å². The molecule has 1 rings (SSSR count). The second kappa shape index (κ2) is 9.27. The Hall–Kier alpha value is -1.71. The first kappa shape index (κ1) is 17.3. The summed E-state index contributed by atoms with van der Waals surface area (Å²) in [7, 11) is 1.57. The van der Waals surface area contributed by atoms with Crippen LogP contribution in [0.15, 0.2) is 18.2 Å². The topological polar surface area (TPSA) is 44.8 Å². The largest absolute Gasteiger partial charge is 0.493 e. The molecule has 0 bridgehead atoms. The number of methoxy groups -OCH3 is 1.